The van der Waals surface area contributed by atoms with E-state index in [9.17, 15) is 5.11 Å². The van der Waals surface area contributed by atoms with Gasteiger partial charge in [-0.25, -0.2) is 0 Å². The molecule has 2 heterocycles. The van der Waals surface area contributed by atoms with E-state index in [-0.39, 0.29) is 0 Å². The van der Waals surface area contributed by atoms with E-state index >= 15 is 0 Å². The van der Waals surface area contributed by atoms with Crippen LogP contribution in [0.15, 0.2) is 12.4 Å². The Morgan fingerprint density at radius 3 is 3.13 bits per heavy atom. The molecule has 0 amide bonds. The minimum Gasteiger partial charge on any atom is -0.388 e. The largest absolute Gasteiger partial charge is 0.388 e. The van der Waals surface area contributed by atoms with Crippen molar-refractivity contribution in [2.45, 2.75) is 38.3 Å². The van der Waals surface area contributed by atoms with Crippen LogP contribution in [0.25, 0.3) is 0 Å². The molecule has 1 atom stereocenters. The van der Waals surface area contributed by atoms with E-state index in [0.717, 1.165) is 31.5 Å². The maximum Gasteiger partial charge on any atom is 0.0813 e. The fourth-order valence-corrected chi connectivity index (χ4v) is 2.15. The first-order chi connectivity index (χ1) is 7.22. The second kappa shape index (κ2) is 4.33. The predicted molar refractivity (Wildman–Crippen MR) is 58.7 cm³/mol. The summed E-state index contributed by atoms with van der Waals surface area (Å²) in [6, 6.07) is 0. The number of aromatic nitrogens is 2. The van der Waals surface area contributed by atoms with Gasteiger partial charge in [0.1, 0.15) is 0 Å². The molecule has 0 bridgehead atoms. The Morgan fingerprint density at radius 1 is 1.67 bits per heavy atom. The molecular weight excluding hydrogens is 190 g/mol. The van der Waals surface area contributed by atoms with Gasteiger partial charge in [0.25, 0.3) is 0 Å². The van der Waals surface area contributed by atoms with Crippen LogP contribution >= 0.6 is 0 Å². The van der Waals surface area contributed by atoms with Crippen molar-refractivity contribution in [2.24, 2.45) is 0 Å². The van der Waals surface area contributed by atoms with Gasteiger partial charge in [0.2, 0.25) is 0 Å². The van der Waals surface area contributed by atoms with Gasteiger partial charge in [-0.1, -0.05) is 0 Å². The molecule has 1 aliphatic rings. The van der Waals surface area contributed by atoms with Crippen LogP contribution in [0.5, 0.6) is 0 Å². The summed E-state index contributed by atoms with van der Waals surface area (Å²) in [7, 11) is 0. The zero-order valence-corrected chi connectivity index (χ0v) is 9.24. The van der Waals surface area contributed by atoms with E-state index in [1.165, 1.54) is 0 Å². The first kappa shape index (κ1) is 10.6. The van der Waals surface area contributed by atoms with Crippen molar-refractivity contribution in [3.8, 4) is 0 Å². The molecule has 1 saturated heterocycles. The van der Waals surface area contributed by atoms with Crippen LogP contribution in [0.4, 0.5) is 0 Å². The molecule has 84 valence electrons. The van der Waals surface area contributed by atoms with Crippen LogP contribution < -0.4 is 5.32 Å². The topological polar surface area (TPSA) is 50.1 Å². The monoisotopic (exact) mass is 209 g/mol. The highest BCUT2D eigenvalue weighted by Crippen LogP contribution is 2.20. The number of nitrogens with zero attached hydrogens (tertiary/aromatic N) is 2. The van der Waals surface area contributed by atoms with Crippen LogP contribution in [0.2, 0.25) is 0 Å². The molecule has 2 N–H and O–H groups in total. The molecule has 1 unspecified atom stereocenters. The van der Waals surface area contributed by atoms with Crippen molar-refractivity contribution in [3.63, 3.8) is 0 Å². The van der Waals surface area contributed by atoms with E-state index in [4.69, 9.17) is 0 Å². The highest BCUT2D eigenvalue weighted by molar-refractivity contribution is 5.09. The number of piperidine rings is 1. The van der Waals surface area contributed by atoms with Crippen LogP contribution in [0.1, 0.15) is 25.3 Å². The van der Waals surface area contributed by atoms with Crippen LogP contribution in [-0.2, 0) is 13.0 Å². The minimum absolute atomic E-state index is 0.570. The van der Waals surface area contributed by atoms with Gasteiger partial charge in [-0.15, -0.1) is 0 Å². The molecule has 15 heavy (non-hydrogen) atoms. The zero-order valence-electron chi connectivity index (χ0n) is 9.24. The first-order valence-electron chi connectivity index (χ1n) is 5.66. The average Bonchev–Trinajstić information content (AvgIpc) is 2.66. The van der Waals surface area contributed by atoms with Crippen molar-refractivity contribution < 1.29 is 5.11 Å². The Balaban J connectivity index is 2.00. The Kier molecular flexibility index (Phi) is 3.07. The van der Waals surface area contributed by atoms with Crippen molar-refractivity contribution in [1.82, 2.24) is 15.1 Å². The second-order valence-corrected chi connectivity index (χ2v) is 4.39. The van der Waals surface area contributed by atoms with Gasteiger partial charge in [-0.3, -0.25) is 4.68 Å². The van der Waals surface area contributed by atoms with Crippen molar-refractivity contribution in [2.75, 3.05) is 13.1 Å². The van der Waals surface area contributed by atoms with Gasteiger partial charge in [-0.05, 0) is 31.9 Å². The molecule has 1 aromatic heterocycles. The number of nitrogens with one attached hydrogen (secondary N) is 1. The number of β-amino-alcohol motifs (C(OH)–C–C–N with tert-alkyl or cyclic N) is 1. The summed E-state index contributed by atoms with van der Waals surface area (Å²) >= 11 is 0. The van der Waals surface area contributed by atoms with Crippen LogP contribution in [-0.4, -0.2) is 33.6 Å². The van der Waals surface area contributed by atoms with Gasteiger partial charge < -0.3 is 10.4 Å². The summed E-state index contributed by atoms with van der Waals surface area (Å²) in [6.45, 7) is 4.67. The van der Waals surface area contributed by atoms with Gasteiger partial charge >= 0.3 is 0 Å². The number of hydrogen-bond donors (Lipinski definition) is 2. The smallest absolute Gasteiger partial charge is 0.0813 e. The van der Waals surface area contributed by atoms with Crippen LogP contribution in [0, 0.1) is 0 Å². The van der Waals surface area contributed by atoms with Gasteiger partial charge in [0.05, 0.1) is 11.8 Å². The molecule has 0 saturated carbocycles. The zero-order chi connectivity index (χ0) is 10.7. The number of rotatable bonds is 3. The Morgan fingerprint density at radius 2 is 2.53 bits per heavy atom. The number of aryl methyl sites for hydroxylation is 1. The van der Waals surface area contributed by atoms with Crippen LogP contribution in [0.3, 0.4) is 0 Å². The van der Waals surface area contributed by atoms with Gasteiger partial charge in [-0.2, -0.15) is 5.10 Å². The lowest BCUT2D eigenvalue weighted by Crippen LogP contribution is -2.47. The summed E-state index contributed by atoms with van der Waals surface area (Å²) in [5.74, 6) is 0. The van der Waals surface area contributed by atoms with E-state index in [2.05, 4.69) is 17.3 Å². The number of aliphatic hydroxyl groups is 1. The molecule has 0 radical (unpaired) electrons. The molecule has 1 fully saturated rings. The molecule has 0 aliphatic carbocycles. The third kappa shape index (κ3) is 2.58. The summed E-state index contributed by atoms with van der Waals surface area (Å²) in [5, 5.41) is 17.8. The summed E-state index contributed by atoms with van der Waals surface area (Å²) < 4.78 is 1.90. The predicted octanol–water partition coefficient (Wildman–Crippen LogP) is 0.560. The summed E-state index contributed by atoms with van der Waals surface area (Å²) in [5.41, 5.74) is 0.558. The standard InChI is InChI=1S/C11H19N3O/c1-2-14-8-10(7-13-14)6-11(15)4-3-5-12-9-11/h7-8,12,15H,2-6,9H2,1H3. The lowest BCUT2D eigenvalue weighted by molar-refractivity contribution is 0.0169. The minimum atomic E-state index is -0.570. The molecule has 1 aliphatic heterocycles. The van der Waals surface area contributed by atoms with E-state index in [0.29, 0.717) is 13.0 Å². The van der Waals surface area contributed by atoms with Gasteiger partial charge in [0.15, 0.2) is 0 Å². The summed E-state index contributed by atoms with van der Waals surface area (Å²) in [4.78, 5) is 0. The van der Waals surface area contributed by atoms with Gasteiger partial charge in [0, 0.05) is 25.7 Å². The molecular formula is C11H19N3O. The molecule has 2 rings (SSSR count). The Labute approximate surface area is 90.3 Å². The Bertz CT molecular complexity index is 315. The summed E-state index contributed by atoms with van der Waals surface area (Å²) in [6.07, 6.45) is 6.53. The lowest BCUT2D eigenvalue weighted by atomic mass is 9.88. The molecule has 0 spiro atoms. The molecule has 4 heteroatoms. The highest BCUT2D eigenvalue weighted by atomic mass is 16.3. The Hall–Kier alpha value is -0.870. The average molecular weight is 209 g/mol. The third-order valence-electron chi connectivity index (χ3n) is 2.99. The molecule has 1 aromatic rings. The SMILES string of the molecule is CCn1cc(CC2(O)CCCNC2)cn1. The maximum atomic E-state index is 10.3. The van der Waals surface area contributed by atoms with E-state index in [1.54, 1.807) is 0 Å². The number of hydrogen-bond acceptors (Lipinski definition) is 3. The van der Waals surface area contributed by atoms with E-state index in [1.807, 2.05) is 17.1 Å². The second-order valence-electron chi connectivity index (χ2n) is 4.39. The lowest BCUT2D eigenvalue weighted by Gasteiger charge is -2.32. The quantitative estimate of drug-likeness (QED) is 0.765. The van der Waals surface area contributed by atoms with Crippen molar-refractivity contribution >= 4 is 0 Å². The third-order valence-corrected chi connectivity index (χ3v) is 2.99. The fraction of sp³-hybridized carbons (Fsp3) is 0.727. The molecule has 4 nitrogen and oxygen atoms in total. The maximum absolute atomic E-state index is 10.3. The van der Waals surface area contributed by atoms with E-state index < -0.39 is 5.60 Å². The molecule has 0 aromatic carbocycles. The van der Waals surface area contributed by atoms with Crippen molar-refractivity contribution in [1.29, 1.82) is 0 Å². The van der Waals surface area contributed by atoms with Crippen molar-refractivity contribution in [3.05, 3.63) is 18.0 Å². The normalized spacial score (nSPS) is 26.8. The highest BCUT2D eigenvalue weighted by Gasteiger charge is 2.29. The first-order valence-corrected chi connectivity index (χ1v) is 5.66. The fourth-order valence-electron chi connectivity index (χ4n) is 2.15.